The molecule has 1 aromatic rings. The zero-order chi connectivity index (χ0) is 12.0. The second kappa shape index (κ2) is 5.55. The Morgan fingerprint density at radius 1 is 1.06 bits per heavy atom. The fourth-order valence-electron chi connectivity index (χ4n) is 1.40. The molecule has 1 aromatic carbocycles. The summed E-state index contributed by atoms with van der Waals surface area (Å²) in [6.45, 7) is 0. The fourth-order valence-corrected chi connectivity index (χ4v) is 1.40. The van der Waals surface area contributed by atoms with Gasteiger partial charge >= 0.3 is 6.18 Å². The predicted molar refractivity (Wildman–Crippen MR) is 54.8 cm³/mol. The molecular weight excluding hydrogens is 215 g/mol. The molecule has 86 valence electrons. The number of nitrogens with zero attached hydrogens (tertiary/aromatic N) is 1. The summed E-state index contributed by atoms with van der Waals surface area (Å²) in [4.78, 5) is 0. The first-order valence-corrected chi connectivity index (χ1v) is 5.07. The van der Waals surface area contributed by atoms with Crippen molar-refractivity contribution in [1.82, 2.24) is 0 Å². The van der Waals surface area contributed by atoms with E-state index >= 15 is 0 Å². The summed E-state index contributed by atoms with van der Waals surface area (Å²) >= 11 is 0. The molecule has 0 saturated carbocycles. The summed E-state index contributed by atoms with van der Waals surface area (Å²) in [6.07, 6.45) is -3.47. The molecule has 4 heteroatoms. The monoisotopic (exact) mass is 227 g/mol. The van der Waals surface area contributed by atoms with Crippen molar-refractivity contribution in [3.63, 3.8) is 0 Å². The van der Waals surface area contributed by atoms with Gasteiger partial charge in [0.2, 0.25) is 0 Å². The summed E-state index contributed by atoms with van der Waals surface area (Å²) in [5, 5.41) is 8.56. The lowest BCUT2D eigenvalue weighted by Crippen LogP contribution is -2.06. The van der Waals surface area contributed by atoms with Crippen LogP contribution in [0.25, 0.3) is 0 Å². The van der Waals surface area contributed by atoms with Crippen LogP contribution in [0.5, 0.6) is 0 Å². The Hall–Kier alpha value is -1.50. The zero-order valence-corrected chi connectivity index (χ0v) is 8.72. The van der Waals surface area contributed by atoms with Crippen molar-refractivity contribution >= 4 is 0 Å². The molecule has 0 unspecified atom stereocenters. The number of alkyl halides is 3. The van der Waals surface area contributed by atoms with Gasteiger partial charge in [0.15, 0.2) is 0 Å². The van der Waals surface area contributed by atoms with Gasteiger partial charge in [0, 0.05) is 6.42 Å². The van der Waals surface area contributed by atoms with Crippen LogP contribution in [-0.4, -0.2) is 6.18 Å². The third-order valence-electron chi connectivity index (χ3n) is 2.26. The van der Waals surface area contributed by atoms with Crippen molar-refractivity contribution in [3.05, 3.63) is 35.4 Å². The van der Waals surface area contributed by atoms with Gasteiger partial charge in [-0.15, -0.1) is 0 Å². The fraction of sp³-hybridized carbons (Fsp3) is 0.417. The maximum absolute atomic E-state index is 11.8. The molecule has 0 aliphatic carbocycles. The maximum atomic E-state index is 11.8. The molecule has 0 atom stereocenters. The number of benzene rings is 1. The first-order chi connectivity index (χ1) is 7.51. The minimum Gasteiger partial charge on any atom is -0.192 e. The highest BCUT2D eigenvalue weighted by Crippen LogP contribution is 2.22. The number of nitriles is 1. The molecule has 0 spiro atoms. The molecule has 0 amide bonds. The van der Waals surface area contributed by atoms with E-state index in [4.69, 9.17) is 5.26 Å². The van der Waals surface area contributed by atoms with Crippen LogP contribution in [0, 0.1) is 11.3 Å². The second-order valence-electron chi connectivity index (χ2n) is 3.63. The minimum absolute atomic E-state index is 0.156. The molecule has 1 nitrogen and oxygen atoms in total. The second-order valence-corrected chi connectivity index (χ2v) is 3.63. The van der Waals surface area contributed by atoms with E-state index in [0.717, 1.165) is 5.56 Å². The minimum atomic E-state index is -4.05. The van der Waals surface area contributed by atoms with Crippen LogP contribution >= 0.6 is 0 Å². The Morgan fingerprint density at radius 2 is 1.69 bits per heavy atom. The van der Waals surface area contributed by atoms with Crippen LogP contribution in [0.4, 0.5) is 13.2 Å². The van der Waals surface area contributed by atoms with E-state index < -0.39 is 12.6 Å². The summed E-state index contributed by atoms with van der Waals surface area (Å²) in [7, 11) is 0. The van der Waals surface area contributed by atoms with E-state index in [1.807, 2.05) is 6.07 Å². The lowest BCUT2D eigenvalue weighted by molar-refractivity contribution is -0.135. The van der Waals surface area contributed by atoms with Gasteiger partial charge in [-0.1, -0.05) is 12.1 Å². The zero-order valence-electron chi connectivity index (χ0n) is 8.72. The Balaban J connectivity index is 2.30. The molecule has 0 aliphatic rings. The maximum Gasteiger partial charge on any atom is 0.389 e. The van der Waals surface area contributed by atoms with Gasteiger partial charge in [-0.25, -0.2) is 0 Å². The molecule has 0 fully saturated rings. The van der Waals surface area contributed by atoms with E-state index in [1.165, 1.54) is 0 Å². The Kier molecular flexibility index (Phi) is 4.36. The quantitative estimate of drug-likeness (QED) is 0.717. The van der Waals surface area contributed by atoms with Gasteiger partial charge in [0.25, 0.3) is 0 Å². The van der Waals surface area contributed by atoms with Gasteiger partial charge in [0.1, 0.15) is 0 Å². The Morgan fingerprint density at radius 3 is 2.19 bits per heavy atom. The highest BCUT2D eigenvalue weighted by atomic mass is 19.4. The molecule has 1 rings (SSSR count). The average molecular weight is 227 g/mol. The van der Waals surface area contributed by atoms with Crippen LogP contribution in [0.3, 0.4) is 0 Å². The SMILES string of the molecule is N#Cc1ccc(CCCCC(F)(F)F)cc1. The number of rotatable bonds is 4. The molecule has 0 bridgehead atoms. The smallest absolute Gasteiger partial charge is 0.192 e. The largest absolute Gasteiger partial charge is 0.389 e. The van der Waals surface area contributed by atoms with E-state index in [0.29, 0.717) is 18.4 Å². The first kappa shape index (κ1) is 12.6. The molecule has 16 heavy (non-hydrogen) atoms. The predicted octanol–water partition coefficient (Wildman–Crippen LogP) is 3.83. The highest BCUT2D eigenvalue weighted by Gasteiger charge is 2.25. The highest BCUT2D eigenvalue weighted by molar-refractivity contribution is 5.31. The van der Waals surface area contributed by atoms with Gasteiger partial charge in [0.05, 0.1) is 11.6 Å². The molecule has 0 aromatic heterocycles. The van der Waals surface area contributed by atoms with Gasteiger partial charge in [-0.2, -0.15) is 18.4 Å². The Labute approximate surface area is 92.5 Å². The third kappa shape index (κ3) is 4.83. The van der Waals surface area contributed by atoms with E-state index in [-0.39, 0.29) is 6.42 Å². The van der Waals surface area contributed by atoms with Crippen molar-refractivity contribution < 1.29 is 13.2 Å². The summed E-state index contributed by atoms with van der Waals surface area (Å²) in [5.41, 5.74) is 1.54. The van der Waals surface area contributed by atoms with Gasteiger partial charge < -0.3 is 0 Å². The number of hydrogen-bond acceptors (Lipinski definition) is 1. The number of unbranched alkanes of at least 4 members (excludes halogenated alkanes) is 1. The van der Waals surface area contributed by atoms with Crippen LogP contribution in [0.1, 0.15) is 30.4 Å². The first-order valence-electron chi connectivity index (χ1n) is 5.07. The average Bonchev–Trinajstić information content (AvgIpc) is 2.24. The van der Waals surface area contributed by atoms with E-state index in [9.17, 15) is 13.2 Å². The van der Waals surface area contributed by atoms with Crippen LogP contribution < -0.4 is 0 Å². The lowest BCUT2D eigenvalue weighted by Gasteiger charge is -2.05. The molecule has 0 N–H and O–H groups in total. The van der Waals surface area contributed by atoms with Crippen molar-refractivity contribution in [2.45, 2.75) is 31.9 Å². The van der Waals surface area contributed by atoms with Crippen LogP contribution in [-0.2, 0) is 6.42 Å². The van der Waals surface area contributed by atoms with Gasteiger partial charge in [-0.3, -0.25) is 0 Å². The van der Waals surface area contributed by atoms with Crippen molar-refractivity contribution in [1.29, 1.82) is 5.26 Å². The van der Waals surface area contributed by atoms with E-state index in [2.05, 4.69) is 0 Å². The van der Waals surface area contributed by atoms with Crippen molar-refractivity contribution in [2.24, 2.45) is 0 Å². The molecule has 0 aliphatic heterocycles. The van der Waals surface area contributed by atoms with Crippen LogP contribution in [0.2, 0.25) is 0 Å². The van der Waals surface area contributed by atoms with Crippen molar-refractivity contribution in [2.75, 3.05) is 0 Å². The molecule has 0 radical (unpaired) electrons. The summed E-state index contributed by atoms with van der Waals surface area (Å²) in [6, 6.07) is 8.92. The topological polar surface area (TPSA) is 23.8 Å². The molecule has 0 heterocycles. The lowest BCUT2D eigenvalue weighted by atomic mass is 10.1. The van der Waals surface area contributed by atoms with Crippen LogP contribution in [0.15, 0.2) is 24.3 Å². The molecule has 0 saturated heterocycles. The standard InChI is InChI=1S/C12H12F3N/c13-12(14,15)8-2-1-3-10-4-6-11(9-16)7-5-10/h4-7H,1-3,8H2. The summed E-state index contributed by atoms with van der Waals surface area (Å²) in [5.74, 6) is 0. The third-order valence-corrected chi connectivity index (χ3v) is 2.26. The normalized spacial score (nSPS) is 11.1. The van der Waals surface area contributed by atoms with Gasteiger partial charge in [-0.05, 0) is 37.0 Å². The van der Waals surface area contributed by atoms with Crippen molar-refractivity contribution in [3.8, 4) is 6.07 Å². The number of halogens is 3. The Bertz CT molecular complexity index is 359. The number of hydrogen-bond donors (Lipinski definition) is 0. The number of aryl methyl sites for hydroxylation is 1. The molecular formula is C12H12F3N. The summed E-state index contributed by atoms with van der Waals surface area (Å²) < 4.78 is 35.5. The van der Waals surface area contributed by atoms with E-state index in [1.54, 1.807) is 24.3 Å².